The molecule has 108 valence electrons. The Morgan fingerprint density at radius 2 is 2.11 bits per heavy atom. The third-order valence-electron chi connectivity index (χ3n) is 5.06. The van der Waals surface area contributed by atoms with Gasteiger partial charge in [-0.2, -0.15) is 0 Å². The Morgan fingerprint density at radius 3 is 2.58 bits per heavy atom. The third-order valence-corrected chi connectivity index (χ3v) is 5.06. The van der Waals surface area contributed by atoms with E-state index in [1.165, 1.54) is 32.1 Å². The molecule has 1 heterocycles. The highest BCUT2D eigenvalue weighted by Crippen LogP contribution is 2.39. The van der Waals surface area contributed by atoms with Gasteiger partial charge in [-0.3, -0.25) is 4.79 Å². The molecule has 3 aliphatic rings. The zero-order valence-electron chi connectivity index (χ0n) is 12.0. The van der Waals surface area contributed by atoms with E-state index < -0.39 is 0 Å². The molecule has 2 aliphatic carbocycles. The minimum Gasteiger partial charge on any atom is -0.378 e. The summed E-state index contributed by atoms with van der Waals surface area (Å²) in [7, 11) is 1.76. The van der Waals surface area contributed by atoms with Crippen LogP contribution in [0.3, 0.4) is 0 Å². The van der Waals surface area contributed by atoms with Crippen LogP contribution in [0.5, 0.6) is 0 Å². The molecule has 1 saturated heterocycles. The number of hydrogen-bond acceptors (Lipinski definition) is 3. The highest BCUT2D eigenvalue weighted by molar-refractivity contribution is 5.78. The predicted molar refractivity (Wildman–Crippen MR) is 74.0 cm³/mol. The maximum Gasteiger partial charge on any atom is 0.225 e. The molecule has 4 heteroatoms. The summed E-state index contributed by atoms with van der Waals surface area (Å²) >= 11 is 0. The average molecular weight is 266 g/mol. The van der Waals surface area contributed by atoms with Crippen molar-refractivity contribution in [3.63, 3.8) is 0 Å². The van der Waals surface area contributed by atoms with Gasteiger partial charge in [0.25, 0.3) is 0 Å². The number of ether oxygens (including phenoxy) is 1. The van der Waals surface area contributed by atoms with E-state index in [1.807, 2.05) is 0 Å². The van der Waals surface area contributed by atoms with E-state index in [2.05, 4.69) is 10.2 Å². The Kier molecular flexibility index (Phi) is 3.81. The summed E-state index contributed by atoms with van der Waals surface area (Å²) in [6, 6.07) is 1.04. The maximum atomic E-state index is 12.6. The highest BCUT2D eigenvalue weighted by atomic mass is 16.5. The van der Waals surface area contributed by atoms with E-state index in [9.17, 15) is 4.79 Å². The van der Waals surface area contributed by atoms with Gasteiger partial charge < -0.3 is 15.0 Å². The second-order valence-corrected chi connectivity index (χ2v) is 6.49. The molecule has 1 aliphatic heterocycles. The highest BCUT2D eigenvalue weighted by Gasteiger charge is 2.42. The molecule has 1 amide bonds. The Morgan fingerprint density at radius 1 is 1.32 bits per heavy atom. The second-order valence-electron chi connectivity index (χ2n) is 6.49. The van der Waals surface area contributed by atoms with Gasteiger partial charge in [0.1, 0.15) is 0 Å². The van der Waals surface area contributed by atoms with Gasteiger partial charge in [-0.15, -0.1) is 0 Å². The molecule has 1 unspecified atom stereocenters. The zero-order chi connectivity index (χ0) is 13.3. The quantitative estimate of drug-likeness (QED) is 0.795. The van der Waals surface area contributed by atoms with Crippen LogP contribution in [0, 0.1) is 0 Å². The van der Waals surface area contributed by atoms with Crippen LogP contribution in [0.15, 0.2) is 0 Å². The van der Waals surface area contributed by atoms with E-state index in [0.717, 1.165) is 25.9 Å². The van der Waals surface area contributed by atoms with Crippen molar-refractivity contribution in [2.45, 2.75) is 69.1 Å². The van der Waals surface area contributed by atoms with Gasteiger partial charge in [0, 0.05) is 25.7 Å². The number of hydrogen-bond donors (Lipinski definition) is 1. The Labute approximate surface area is 115 Å². The normalized spacial score (nSPS) is 29.0. The monoisotopic (exact) mass is 266 g/mol. The lowest BCUT2D eigenvalue weighted by molar-refractivity contribution is -0.145. The third kappa shape index (κ3) is 2.95. The lowest BCUT2D eigenvalue weighted by Crippen LogP contribution is -2.48. The number of rotatable bonds is 6. The van der Waals surface area contributed by atoms with E-state index >= 15 is 0 Å². The van der Waals surface area contributed by atoms with E-state index in [-0.39, 0.29) is 5.60 Å². The second kappa shape index (κ2) is 5.41. The molecular formula is C15H26N2O2. The molecule has 0 aromatic rings. The van der Waals surface area contributed by atoms with Crippen LogP contribution < -0.4 is 5.32 Å². The largest absolute Gasteiger partial charge is 0.378 e. The maximum absolute atomic E-state index is 12.6. The van der Waals surface area contributed by atoms with Crippen LogP contribution in [0.25, 0.3) is 0 Å². The van der Waals surface area contributed by atoms with Crippen LogP contribution in [-0.4, -0.2) is 48.7 Å². The van der Waals surface area contributed by atoms with Crippen molar-refractivity contribution in [2.24, 2.45) is 0 Å². The molecule has 4 nitrogen and oxygen atoms in total. The SMILES string of the molecule is COC1(CC(=O)N(CC2CCCN2)C2CC2)CCC1. The molecule has 0 aromatic heterocycles. The van der Waals surface area contributed by atoms with Crippen molar-refractivity contribution >= 4 is 5.91 Å². The lowest BCUT2D eigenvalue weighted by Gasteiger charge is -2.41. The summed E-state index contributed by atoms with van der Waals surface area (Å²) in [5, 5.41) is 3.50. The van der Waals surface area contributed by atoms with E-state index in [4.69, 9.17) is 4.74 Å². The molecule has 0 bridgehead atoms. The van der Waals surface area contributed by atoms with Crippen molar-refractivity contribution in [3.05, 3.63) is 0 Å². The topological polar surface area (TPSA) is 41.6 Å². The first-order chi connectivity index (χ1) is 9.22. The summed E-state index contributed by atoms with van der Waals surface area (Å²) < 4.78 is 5.60. The van der Waals surface area contributed by atoms with Crippen molar-refractivity contribution in [1.82, 2.24) is 10.2 Å². The van der Waals surface area contributed by atoms with Crippen molar-refractivity contribution in [1.29, 1.82) is 0 Å². The summed E-state index contributed by atoms with van der Waals surface area (Å²) in [4.78, 5) is 14.7. The standard InChI is InChI=1S/C15H26N2O2/c1-19-15(7-3-8-15)10-14(18)17(13-5-6-13)11-12-4-2-9-16-12/h12-13,16H,2-11H2,1H3. The number of nitrogens with zero attached hydrogens (tertiary/aromatic N) is 1. The minimum atomic E-state index is -0.132. The molecule has 2 saturated carbocycles. The first-order valence-corrected chi connectivity index (χ1v) is 7.80. The molecule has 3 rings (SSSR count). The van der Waals surface area contributed by atoms with Crippen LogP contribution in [0.1, 0.15) is 51.4 Å². The van der Waals surface area contributed by atoms with Crippen LogP contribution in [0.4, 0.5) is 0 Å². The van der Waals surface area contributed by atoms with Gasteiger partial charge in [0.2, 0.25) is 5.91 Å². The minimum absolute atomic E-state index is 0.132. The molecule has 0 radical (unpaired) electrons. The van der Waals surface area contributed by atoms with Crippen molar-refractivity contribution < 1.29 is 9.53 Å². The Hall–Kier alpha value is -0.610. The molecule has 3 fully saturated rings. The van der Waals surface area contributed by atoms with Gasteiger partial charge >= 0.3 is 0 Å². The van der Waals surface area contributed by atoms with Crippen LogP contribution >= 0.6 is 0 Å². The Bertz CT molecular complexity index is 326. The van der Waals surface area contributed by atoms with Gasteiger partial charge in [-0.25, -0.2) is 0 Å². The lowest BCUT2D eigenvalue weighted by atomic mass is 9.77. The van der Waals surface area contributed by atoms with Crippen molar-refractivity contribution in [2.75, 3.05) is 20.2 Å². The van der Waals surface area contributed by atoms with E-state index in [1.54, 1.807) is 7.11 Å². The Balaban J connectivity index is 1.57. The molecule has 0 aromatic carbocycles. The summed E-state index contributed by atoms with van der Waals surface area (Å²) in [6.07, 6.45) is 8.74. The number of amides is 1. The number of carbonyl (C=O) groups excluding carboxylic acids is 1. The van der Waals surface area contributed by atoms with Crippen molar-refractivity contribution in [3.8, 4) is 0 Å². The molecule has 0 spiro atoms. The number of nitrogens with one attached hydrogen (secondary N) is 1. The van der Waals surface area contributed by atoms with Gasteiger partial charge in [0.05, 0.1) is 12.0 Å². The molecule has 19 heavy (non-hydrogen) atoms. The fraction of sp³-hybridized carbons (Fsp3) is 0.933. The zero-order valence-corrected chi connectivity index (χ0v) is 12.0. The smallest absolute Gasteiger partial charge is 0.225 e. The average Bonchev–Trinajstić information content (AvgIpc) is 3.07. The number of methoxy groups -OCH3 is 1. The van der Waals surface area contributed by atoms with E-state index in [0.29, 0.717) is 24.4 Å². The first kappa shape index (κ1) is 13.4. The van der Waals surface area contributed by atoms with Gasteiger partial charge in [-0.1, -0.05) is 0 Å². The van der Waals surface area contributed by atoms with Crippen LogP contribution in [0.2, 0.25) is 0 Å². The summed E-state index contributed by atoms with van der Waals surface area (Å²) in [6.45, 7) is 2.02. The first-order valence-electron chi connectivity index (χ1n) is 7.80. The molecular weight excluding hydrogens is 240 g/mol. The predicted octanol–water partition coefficient (Wildman–Crippen LogP) is 1.69. The number of carbonyl (C=O) groups is 1. The fourth-order valence-electron chi connectivity index (χ4n) is 3.39. The van der Waals surface area contributed by atoms with Crippen LogP contribution in [-0.2, 0) is 9.53 Å². The summed E-state index contributed by atoms with van der Waals surface area (Å²) in [5.41, 5.74) is -0.132. The van der Waals surface area contributed by atoms with Gasteiger partial charge in [-0.05, 0) is 51.5 Å². The van der Waals surface area contributed by atoms with Gasteiger partial charge in [0.15, 0.2) is 0 Å². The summed E-state index contributed by atoms with van der Waals surface area (Å²) in [5.74, 6) is 0.317. The fourth-order valence-corrected chi connectivity index (χ4v) is 3.39. The molecule has 1 N–H and O–H groups in total. The molecule has 1 atom stereocenters.